The number of hydrogen-bond donors (Lipinski definition) is 1. The summed E-state index contributed by atoms with van der Waals surface area (Å²) >= 11 is 6.14. The Balaban J connectivity index is 2.61. The molecule has 102 valence electrons. The van der Waals surface area contributed by atoms with Crippen LogP contribution in [0.5, 0.6) is 0 Å². The van der Waals surface area contributed by atoms with Gasteiger partial charge in [0.15, 0.2) is 0 Å². The molecule has 1 N–H and O–H groups in total. The summed E-state index contributed by atoms with van der Waals surface area (Å²) in [5.74, 6) is 0.454. The fraction of sp³-hybridized carbons (Fsp3) is 0.538. The van der Waals surface area contributed by atoms with Gasteiger partial charge < -0.3 is 5.32 Å². The summed E-state index contributed by atoms with van der Waals surface area (Å²) < 4.78 is 22.9. The van der Waals surface area contributed by atoms with Crippen LogP contribution in [0.1, 0.15) is 31.4 Å². The first kappa shape index (κ1) is 15.5. The number of nitrogens with one attached hydrogen (secondary N) is 1. The standard InChI is InChI=1S/C13H20ClNO2S/c1-3-18(16,17)10-6-9-13(15-2)11-7-4-5-8-12(11)14/h4-5,7-8,13,15H,3,6,9-10H2,1-2H3. The van der Waals surface area contributed by atoms with E-state index < -0.39 is 9.84 Å². The van der Waals surface area contributed by atoms with Crippen LogP contribution in [0.2, 0.25) is 5.02 Å². The first-order valence-electron chi connectivity index (χ1n) is 6.12. The number of hydrogen-bond acceptors (Lipinski definition) is 3. The van der Waals surface area contributed by atoms with Crippen molar-refractivity contribution in [1.82, 2.24) is 5.32 Å². The Hall–Kier alpha value is -0.580. The molecule has 1 unspecified atom stereocenters. The first-order valence-corrected chi connectivity index (χ1v) is 8.32. The zero-order valence-corrected chi connectivity index (χ0v) is 12.4. The van der Waals surface area contributed by atoms with E-state index in [0.29, 0.717) is 6.42 Å². The lowest BCUT2D eigenvalue weighted by atomic mass is 10.0. The monoisotopic (exact) mass is 289 g/mol. The van der Waals surface area contributed by atoms with Crippen molar-refractivity contribution in [3.8, 4) is 0 Å². The maximum Gasteiger partial charge on any atom is 0.150 e. The van der Waals surface area contributed by atoms with Gasteiger partial charge >= 0.3 is 0 Å². The summed E-state index contributed by atoms with van der Waals surface area (Å²) in [5.41, 5.74) is 1.02. The number of benzene rings is 1. The van der Waals surface area contributed by atoms with Crippen molar-refractivity contribution in [2.24, 2.45) is 0 Å². The quantitative estimate of drug-likeness (QED) is 0.839. The summed E-state index contributed by atoms with van der Waals surface area (Å²) in [6.07, 6.45) is 1.41. The SMILES string of the molecule is CCS(=O)(=O)CCCC(NC)c1ccccc1Cl. The number of halogens is 1. The maximum atomic E-state index is 11.4. The molecule has 0 saturated heterocycles. The van der Waals surface area contributed by atoms with E-state index >= 15 is 0 Å². The molecule has 0 radical (unpaired) electrons. The molecule has 0 spiro atoms. The van der Waals surface area contributed by atoms with Crippen LogP contribution in [-0.2, 0) is 9.84 Å². The Kier molecular flexibility index (Phi) is 6.12. The van der Waals surface area contributed by atoms with Crippen LogP contribution in [0, 0.1) is 0 Å². The van der Waals surface area contributed by atoms with Crippen LogP contribution in [0.3, 0.4) is 0 Å². The fourth-order valence-corrected chi connectivity index (χ4v) is 3.03. The summed E-state index contributed by atoms with van der Waals surface area (Å²) in [5, 5.41) is 3.90. The second-order valence-corrected chi connectivity index (χ2v) is 7.12. The van der Waals surface area contributed by atoms with Crippen molar-refractivity contribution >= 4 is 21.4 Å². The third kappa shape index (κ3) is 4.59. The Bertz CT molecular complexity index is 474. The zero-order valence-electron chi connectivity index (χ0n) is 10.8. The van der Waals surface area contributed by atoms with Gasteiger partial charge in [0, 0.05) is 16.8 Å². The molecule has 0 fully saturated rings. The van der Waals surface area contributed by atoms with Gasteiger partial charge in [-0.15, -0.1) is 0 Å². The molecule has 1 atom stereocenters. The van der Waals surface area contributed by atoms with Crippen LogP contribution in [-0.4, -0.2) is 27.0 Å². The van der Waals surface area contributed by atoms with Gasteiger partial charge in [0.2, 0.25) is 0 Å². The van der Waals surface area contributed by atoms with Crippen molar-refractivity contribution in [3.05, 3.63) is 34.9 Å². The zero-order chi connectivity index (χ0) is 13.6. The second kappa shape index (κ2) is 7.12. The van der Waals surface area contributed by atoms with Gasteiger partial charge in [0.05, 0.1) is 5.75 Å². The maximum absolute atomic E-state index is 11.4. The predicted octanol–water partition coefficient (Wildman–Crippen LogP) is 2.82. The van der Waals surface area contributed by atoms with Crippen LogP contribution in [0.15, 0.2) is 24.3 Å². The van der Waals surface area contributed by atoms with Gasteiger partial charge in [0.1, 0.15) is 9.84 Å². The lowest BCUT2D eigenvalue weighted by molar-refractivity contribution is 0.535. The molecular formula is C13H20ClNO2S. The van der Waals surface area contributed by atoms with E-state index in [1.54, 1.807) is 6.92 Å². The minimum Gasteiger partial charge on any atom is -0.313 e. The minimum absolute atomic E-state index is 0.103. The summed E-state index contributed by atoms with van der Waals surface area (Å²) in [4.78, 5) is 0. The molecule has 0 aliphatic heterocycles. The molecule has 1 aromatic carbocycles. The van der Waals surface area contributed by atoms with Crippen LogP contribution in [0.4, 0.5) is 0 Å². The lowest BCUT2D eigenvalue weighted by Crippen LogP contribution is -2.18. The highest BCUT2D eigenvalue weighted by Crippen LogP contribution is 2.25. The molecule has 0 bridgehead atoms. The lowest BCUT2D eigenvalue weighted by Gasteiger charge is -2.17. The molecule has 5 heteroatoms. The van der Waals surface area contributed by atoms with E-state index in [2.05, 4.69) is 5.32 Å². The van der Waals surface area contributed by atoms with Gasteiger partial charge in [-0.2, -0.15) is 0 Å². The molecule has 0 aromatic heterocycles. The molecule has 0 heterocycles. The summed E-state index contributed by atoms with van der Waals surface area (Å²) in [6, 6.07) is 7.75. The largest absolute Gasteiger partial charge is 0.313 e. The van der Waals surface area contributed by atoms with Crippen molar-refractivity contribution in [2.75, 3.05) is 18.6 Å². The van der Waals surface area contributed by atoms with Crippen molar-refractivity contribution < 1.29 is 8.42 Å². The van der Waals surface area contributed by atoms with E-state index in [1.165, 1.54) is 0 Å². The fourth-order valence-electron chi connectivity index (χ4n) is 1.86. The smallest absolute Gasteiger partial charge is 0.150 e. The number of rotatable bonds is 7. The van der Waals surface area contributed by atoms with E-state index in [-0.39, 0.29) is 17.5 Å². The first-order chi connectivity index (χ1) is 8.50. The van der Waals surface area contributed by atoms with Gasteiger partial charge in [-0.3, -0.25) is 0 Å². The highest BCUT2D eigenvalue weighted by molar-refractivity contribution is 7.91. The second-order valence-electron chi connectivity index (χ2n) is 4.24. The number of sulfone groups is 1. The average Bonchev–Trinajstić information content (AvgIpc) is 2.36. The molecule has 0 aliphatic carbocycles. The molecule has 0 amide bonds. The van der Waals surface area contributed by atoms with Crippen molar-refractivity contribution in [2.45, 2.75) is 25.8 Å². The van der Waals surface area contributed by atoms with Crippen LogP contribution < -0.4 is 5.32 Å². The Morgan fingerprint density at radius 3 is 2.56 bits per heavy atom. The highest BCUT2D eigenvalue weighted by atomic mass is 35.5. The topological polar surface area (TPSA) is 46.2 Å². The molecular weight excluding hydrogens is 270 g/mol. The third-order valence-electron chi connectivity index (χ3n) is 3.02. The summed E-state index contributed by atoms with van der Waals surface area (Å²) in [6.45, 7) is 1.68. The Morgan fingerprint density at radius 1 is 1.33 bits per heavy atom. The molecule has 3 nitrogen and oxygen atoms in total. The van der Waals surface area contributed by atoms with Gasteiger partial charge in [-0.25, -0.2) is 8.42 Å². The van der Waals surface area contributed by atoms with E-state index in [4.69, 9.17) is 11.6 Å². The molecule has 0 saturated carbocycles. The van der Waals surface area contributed by atoms with E-state index in [1.807, 2.05) is 31.3 Å². The van der Waals surface area contributed by atoms with Gasteiger partial charge in [0.25, 0.3) is 0 Å². The van der Waals surface area contributed by atoms with Gasteiger partial charge in [-0.05, 0) is 31.5 Å². The molecule has 0 aliphatic rings. The van der Waals surface area contributed by atoms with E-state index in [0.717, 1.165) is 17.0 Å². The van der Waals surface area contributed by atoms with Crippen molar-refractivity contribution in [1.29, 1.82) is 0 Å². The van der Waals surface area contributed by atoms with Gasteiger partial charge in [-0.1, -0.05) is 36.7 Å². The van der Waals surface area contributed by atoms with Crippen LogP contribution in [0.25, 0.3) is 0 Å². The average molecular weight is 290 g/mol. The summed E-state index contributed by atoms with van der Waals surface area (Å²) in [7, 11) is -1.01. The molecule has 1 aromatic rings. The predicted molar refractivity (Wildman–Crippen MR) is 76.8 cm³/mol. The van der Waals surface area contributed by atoms with Crippen molar-refractivity contribution in [3.63, 3.8) is 0 Å². The Morgan fingerprint density at radius 2 is 2.00 bits per heavy atom. The Labute approximate surface area is 114 Å². The highest BCUT2D eigenvalue weighted by Gasteiger charge is 2.14. The molecule has 18 heavy (non-hydrogen) atoms. The molecule has 1 rings (SSSR count). The normalized spacial score (nSPS) is 13.5. The van der Waals surface area contributed by atoms with E-state index in [9.17, 15) is 8.42 Å². The van der Waals surface area contributed by atoms with Crippen LogP contribution >= 0.6 is 11.6 Å². The minimum atomic E-state index is -2.88. The third-order valence-corrected chi connectivity index (χ3v) is 5.15.